The number of halogens is 2. The minimum Gasteiger partial charge on any atom is -0.508 e. The van der Waals surface area contributed by atoms with Gasteiger partial charge in [0, 0.05) is 92.6 Å². The van der Waals surface area contributed by atoms with Gasteiger partial charge in [-0.05, 0) is 241 Å². The smallest absolute Gasteiger partial charge is 0.193 e. The number of aliphatic hydroxyl groups is 2. The highest BCUT2D eigenvalue weighted by molar-refractivity contribution is 6.17. The summed E-state index contributed by atoms with van der Waals surface area (Å²) in [7, 11) is 0. The quantitative estimate of drug-likeness (QED) is 0.0710. The average Bonchev–Trinajstić information content (AvgIpc) is 3.60. The van der Waals surface area contributed by atoms with Gasteiger partial charge in [-0.15, -0.1) is 24.0 Å². The number of pyridine rings is 3. The van der Waals surface area contributed by atoms with Crippen LogP contribution in [0.25, 0.3) is 44.6 Å². The zero-order valence-corrected chi connectivity index (χ0v) is 49.9. The number of ether oxygens (including phenoxy) is 1. The molecule has 16 heteroatoms. The number of fused-ring (bicyclic) bond motifs is 2. The lowest BCUT2D eigenvalue weighted by molar-refractivity contribution is 0.153. The van der Waals surface area contributed by atoms with Gasteiger partial charge in [0.25, 0.3) is 0 Å². The fraction of sp³-hybridized carbons (Fsp3) is 0.348. The van der Waals surface area contributed by atoms with Crippen molar-refractivity contribution < 1.29 is 28.9 Å². The summed E-state index contributed by atoms with van der Waals surface area (Å²) < 4.78 is 17.6. The molecule has 3 fully saturated rings. The number of alkyl halides is 1. The molecule has 3 saturated heterocycles. The summed E-state index contributed by atoms with van der Waals surface area (Å²) in [5, 5.41) is 31.2. The number of phenols is 1. The SMILES string of the molecule is Cl.ClCc1ccncc1.O=c1cc(-c2ccc(O)cc2)oc2ccccc12.O=c1cc(-c2ccc(OCCC3CCN(Cc4ccncc4)CC3)cc2)oc2ccccc12.OCCC1CCN(Cc2ccncc2)CC1.OCCC1CCNCC1. The van der Waals surface area contributed by atoms with Crippen molar-refractivity contribution in [2.24, 2.45) is 17.8 Å². The van der Waals surface area contributed by atoms with Crippen LogP contribution >= 0.6 is 24.0 Å². The minimum absolute atomic E-state index is 0. The van der Waals surface area contributed by atoms with Crippen LogP contribution < -0.4 is 20.9 Å². The van der Waals surface area contributed by atoms with Crippen LogP contribution in [0.15, 0.2) is 201 Å². The molecule has 3 aliphatic rings. The molecule has 85 heavy (non-hydrogen) atoms. The first-order valence-electron chi connectivity index (χ1n) is 29.4. The molecule has 9 aromatic rings. The lowest BCUT2D eigenvalue weighted by atomic mass is 9.93. The van der Waals surface area contributed by atoms with E-state index in [0.717, 1.165) is 113 Å². The molecule has 0 spiro atoms. The van der Waals surface area contributed by atoms with Crippen LogP contribution in [0.1, 0.15) is 74.5 Å². The number of hydrogen-bond donors (Lipinski definition) is 4. The highest BCUT2D eigenvalue weighted by Crippen LogP contribution is 2.28. The predicted molar refractivity (Wildman–Crippen MR) is 342 cm³/mol. The molecule has 0 saturated carbocycles. The van der Waals surface area contributed by atoms with Crippen molar-refractivity contribution in [1.82, 2.24) is 30.1 Å². The second-order valence-electron chi connectivity index (χ2n) is 21.5. The number of hydrogen-bond acceptors (Lipinski definition) is 14. The largest absolute Gasteiger partial charge is 0.508 e. The normalized spacial score (nSPS) is 14.9. The number of nitrogens with zero attached hydrogens (tertiary/aromatic N) is 5. The molecule has 14 nitrogen and oxygen atoms in total. The first-order chi connectivity index (χ1) is 41.2. The lowest BCUT2D eigenvalue weighted by Crippen LogP contribution is -2.33. The number of aliphatic hydroxyl groups excluding tert-OH is 2. The van der Waals surface area contributed by atoms with Crippen molar-refractivity contribution in [3.05, 3.63) is 220 Å². The van der Waals surface area contributed by atoms with E-state index in [0.29, 0.717) is 58.5 Å². The van der Waals surface area contributed by atoms with E-state index < -0.39 is 0 Å². The Morgan fingerprint density at radius 3 is 1.34 bits per heavy atom. The van der Waals surface area contributed by atoms with Crippen LogP contribution in [0, 0.1) is 17.8 Å². The predicted octanol–water partition coefficient (Wildman–Crippen LogP) is 13.0. The van der Waals surface area contributed by atoms with E-state index in [1.807, 2.05) is 85.5 Å². The van der Waals surface area contributed by atoms with E-state index in [9.17, 15) is 14.7 Å². The Hall–Kier alpha value is -7.27. The van der Waals surface area contributed by atoms with Gasteiger partial charge >= 0.3 is 0 Å². The number of nitrogens with one attached hydrogen (secondary N) is 1. The van der Waals surface area contributed by atoms with Gasteiger partial charge in [0.15, 0.2) is 10.9 Å². The first kappa shape index (κ1) is 65.3. The van der Waals surface area contributed by atoms with Crippen molar-refractivity contribution in [3.63, 3.8) is 0 Å². The number of phenolic OH excluding ortho intramolecular Hbond substituents is 1. The molecule has 0 bridgehead atoms. The zero-order valence-electron chi connectivity index (χ0n) is 48.3. The summed E-state index contributed by atoms with van der Waals surface area (Å²) in [6.07, 6.45) is 21.3. The Balaban J connectivity index is 0.000000168. The van der Waals surface area contributed by atoms with Crippen LogP contribution in [0.3, 0.4) is 0 Å². The van der Waals surface area contributed by atoms with Gasteiger partial charge in [0.1, 0.15) is 34.2 Å². The Morgan fingerprint density at radius 2 is 0.918 bits per heavy atom. The number of benzene rings is 4. The number of likely N-dealkylation sites (tertiary alicyclic amines) is 2. The molecular formula is C69H80Cl2N6O8. The van der Waals surface area contributed by atoms with E-state index in [4.69, 9.17) is 35.4 Å². The molecule has 8 heterocycles. The summed E-state index contributed by atoms with van der Waals surface area (Å²) in [4.78, 5) is 41.3. The van der Waals surface area contributed by atoms with E-state index in [-0.39, 0.29) is 29.0 Å². The Bertz CT molecular complexity index is 3410. The summed E-state index contributed by atoms with van der Waals surface area (Å²) in [5.74, 6) is 4.91. The molecule has 448 valence electrons. The third kappa shape index (κ3) is 21.6. The first-order valence-corrected chi connectivity index (χ1v) is 29.9. The van der Waals surface area contributed by atoms with Crippen LogP contribution in [0.4, 0.5) is 0 Å². The maximum atomic E-state index is 12.4. The molecular weight excluding hydrogens is 1110 g/mol. The summed E-state index contributed by atoms with van der Waals surface area (Å²) in [6.45, 7) is 10.4. The lowest BCUT2D eigenvalue weighted by Gasteiger charge is -2.31. The number of rotatable bonds is 15. The Labute approximate surface area is 510 Å². The molecule has 4 N–H and O–H groups in total. The molecule has 0 radical (unpaired) electrons. The molecule has 0 amide bonds. The van der Waals surface area contributed by atoms with Crippen LogP contribution in [0.5, 0.6) is 11.5 Å². The third-order valence-corrected chi connectivity index (χ3v) is 15.8. The molecule has 0 unspecified atom stereocenters. The van der Waals surface area contributed by atoms with Gasteiger partial charge in [-0.1, -0.05) is 24.3 Å². The van der Waals surface area contributed by atoms with Crippen molar-refractivity contribution in [1.29, 1.82) is 0 Å². The molecule has 3 aliphatic heterocycles. The van der Waals surface area contributed by atoms with E-state index in [1.54, 1.807) is 67.0 Å². The summed E-state index contributed by atoms with van der Waals surface area (Å²) in [5.41, 5.74) is 6.48. The Kier molecular flexibility index (Phi) is 27.6. The monoisotopic (exact) mass is 1190 g/mol. The number of para-hydroxylation sites is 2. The highest BCUT2D eigenvalue weighted by Gasteiger charge is 2.21. The number of aromatic hydroxyl groups is 1. The van der Waals surface area contributed by atoms with Gasteiger partial charge in [0.2, 0.25) is 0 Å². The molecule has 4 aromatic carbocycles. The van der Waals surface area contributed by atoms with Crippen molar-refractivity contribution >= 4 is 45.9 Å². The highest BCUT2D eigenvalue weighted by atomic mass is 35.5. The fourth-order valence-corrected chi connectivity index (χ4v) is 10.7. The van der Waals surface area contributed by atoms with Gasteiger partial charge in [-0.25, -0.2) is 0 Å². The summed E-state index contributed by atoms with van der Waals surface area (Å²) >= 11 is 5.50. The second kappa shape index (κ2) is 35.9. The van der Waals surface area contributed by atoms with Crippen LogP contribution in [-0.2, 0) is 19.0 Å². The average molecular weight is 1190 g/mol. The van der Waals surface area contributed by atoms with Gasteiger partial charge in [-0.2, -0.15) is 0 Å². The van der Waals surface area contributed by atoms with Crippen molar-refractivity contribution in [2.45, 2.75) is 76.8 Å². The van der Waals surface area contributed by atoms with E-state index in [1.165, 1.54) is 55.7 Å². The molecule has 12 rings (SSSR count). The standard InChI is InChI=1S/C28H28N2O3.C15H10O3.C13H20N2O.C7H15NO.C6H6ClN.ClH/c31-26-19-28(33-27-4-2-1-3-25(26)27)23-5-7-24(8-6-23)32-18-13-21-11-16-30(17-12-21)20-22-9-14-29-15-10-22;16-11-7-5-10(6-8-11)15-9-13(17)12-3-1-2-4-14(12)18-15;16-10-5-12-3-8-15(9-4-12)11-13-1-6-14-7-2-13;9-6-3-7-1-4-8-5-2-7;7-5-6-1-3-8-4-2-6;/h1-10,14-15,19,21H,11-13,16-18,20H2;1-9,16H;1-2,6-7,12,16H,3-5,8-11H2;7-9H,1-6H2;1-4H,5H2;1H. The maximum Gasteiger partial charge on any atom is 0.193 e. The van der Waals surface area contributed by atoms with Gasteiger partial charge in [-0.3, -0.25) is 34.3 Å². The van der Waals surface area contributed by atoms with Crippen LogP contribution in [-0.4, -0.2) is 99.2 Å². The second-order valence-corrected chi connectivity index (χ2v) is 21.8. The van der Waals surface area contributed by atoms with E-state index >= 15 is 0 Å². The van der Waals surface area contributed by atoms with Gasteiger partial charge in [0.05, 0.1) is 17.4 Å². The fourth-order valence-electron chi connectivity index (χ4n) is 10.5. The molecule has 0 aliphatic carbocycles. The topological polar surface area (TPSA) is 188 Å². The van der Waals surface area contributed by atoms with Crippen LogP contribution in [0.2, 0.25) is 0 Å². The number of aromatic nitrogens is 3. The molecule has 5 aromatic heterocycles. The maximum absolute atomic E-state index is 12.4. The zero-order chi connectivity index (χ0) is 58.6. The summed E-state index contributed by atoms with van der Waals surface area (Å²) in [6, 6.07) is 43.9. The van der Waals surface area contributed by atoms with Gasteiger partial charge < -0.3 is 34.2 Å². The minimum atomic E-state index is -0.0695. The third-order valence-electron chi connectivity index (χ3n) is 15.5. The van der Waals surface area contributed by atoms with Crippen molar-refractivity contribution in [2.75, 3.05) is 59.1 Å². The Morgan fingerprint density at radius 1 is 0.518 bits per heavy atom. The van der Waals surface area contributed by atoms with Crippen molar-refractivity contribution in [3.8, 4) is 34.1 Å². The van der Waals surface area contributed by atoms with E-state index in [2.05, 4.69) is 54.3 Å². The number of piperidine rings is 3. The molecule has 0 atom stereocenters.